The van der Waals surface area contributed by atoms with Crippen LogP contribution >= 0.6 is 23.2 Å². The lowest BCUT2D eigenvalue weighted by Gasteiger charge is -2.13. The average Bonchev–Trinajstić information content (AvgIpc) is 2.26. The van der Waals surface area contributed by atoms with Crippen molar-refractivity contribution in [3.63, 3.8) is 0 Å². The molecule has 0 radical (unpaired) electrons. The lowest BCUT2D eigenvalue weighted by atomic mass is 10.1. The SMILES string of the molecule is CC(Cc1cccc(Cl)c1)NC(=O)CCCCl. The molecule has 1 aromatic rings. The van der Waals surface area contributed by atoms with E-state index in [1.165, 1.54) is 0 Å². The van der Waals surface area contributed by atoms with Crippen LogP contribution in [0.25, 0.3) is 0 Å². The van der Waals surface area contributed by atoms with Gasteiger partial charge in [-0.2, -0.15) is 0 Å². The van der Waals surface area contributed by atoms with Gasteiger partial charge >= 0.3 is 0 Å². The Hall–Kier alpha value is -0.730. The molecular formula is C13H17Cl2NO. The Bertz CT molecular complexity index is 368. The van der Waals surface area contributed by atoms with Crippen LogP contribution < -0.4 is 5.32 Å². The van der Waals surface area contributed by atoms with Crippen LogP contribution in [0.2, 0.25) is 5.02 Å². The van der Waals surface area contributed by atoms with E-state index < -0.39 is 0 Å². The zero-order chi connectivity index (χ0) is 12.7. The molecule has 1 amide bonds. The van der Waals surface area contributed by atoms with Gasteiger partial charge in [0.2, 0.25) is 5.91 Å². The molecule has 0 aromatic heterocycles. The van der Waals surface area contributed by atoms with Crippen molar-refractivity contribution in [2.45, 2.75) is 32.2 Å². The zero-order valence-electron chi connectivity index (χ0n) is 9.88. The molecule has 0 bridgehead atoms. The van der Waals surface area contributed by atoms with Gasteiger partial charge in [-0.05, 0) is 37.5 Å². The number of rotatable bonds is 6. The highest BCUT2D eigenvalue weighted by Gasteiger charge is 2.07. The van der Waals surface area contributed by atoms with E-state index in [4.69, 9.17) is 23.2 Å². The van der Waals surface area contributed by atoms with Crippen molar-refractivity contribution in [1.29, 1.82) is 0 Å². The highest BCUT2D eigenvalue weighted by atomic mass is 35.5. The fourth-order valence-electron chi connectivity index (χ4n) is 1.64. The molecule has 0 aliphatic heterocycles. The van der Waals surface area contributed by atoms with Gasteiger partial charge in [-0.25, -0.2) is 0 Å². The number of halogens is 2. The van der Waals surface area contributed by atoms with Crippen LogP contribution in [-0.4, -0.2) is 17.8 Å². The van der Waals surface area contributed by atoms with Crippen LogP contribution in [0.15, 0.2) is 24.3 Å². The third-order valence-electron chi connectivity index (χ3n) is 2.38. The summed E-state index contributed by atoms with van der Waals surface area (Å²) in [7, 11) is 0. The predicted molar refractivity (Wildman–Crippen MR) is 72.7 cm³/mol. The van der Waals surface area contributed by atoms with E-state index in [2.05, 4.69) is 5.32 Å². The Morgan fingerprint density at radius 2 is 2.24 bits per heavy atom. The molecule has 0 aliphatic rings. The molecule has 0 saturated carbocycles. The maximum Gasteiger partial charge on any atom is 0.220 e. The second-order valence-corrected chi connectivity index (χ2v) is 4.91. The first-order valence-corrected chi connectivity index (χ1v) is 6.63. The van der Waals surface area contributed by atoms with Crippen molar-refractivity contribution < 1.29 is 4.79 Å². The molecule has 2 nitrogen and oxygen atoms in total. The maximum atomic E-state index is 11.5. The van der Waals surface area contributed by atoms with E-state index in [9.17, 15) is 4.79 Å². The molecule has 17 heavy (non-hydrogen) atoms. The van der Waals surface area contributed by atoms with Crippen LogP contribution in [0.1, 0.15) is 25.3 Å². The molecule has 1 unspecified atom stereocenters. The summed E-state index contributed by atoms with van der Waals surface area (Å²) < 4.78 is 0. The highest BCUT2D eigenvalue weighted by Crippen LogP contribution is 2.12. The van der Waals surface area contributed by atoms with E-state index in [-0.39, 0.29) is 11.9 Å². The summed E-state index contributed by atoms with van der Waals surface area (Å²) in [6.07, 6.45) is 1.99. The largest absolute Gasteiger partial charge is 0.353 e. The van der Waals surface area contributed by atoms with Crippen molar-refractivity contribution in [2.24, 2.45) is 0 Å². The summed E-state index contributed by atoms with van der Waals surface area (Å²) in [4.78, 5) is 11.5. The van der Waals surface area contributed by atoms with E-state index in [1.54, 1.807) is 0 Å². The molecule has 1 aromatic carbocycles. The predicted octanol–water partition coefficient (Wildman–Crippen LogP) is 3.41. The minimum Gasteiger partial charge on any atom is -0.353 e. The number of benzene rings is 1. The normalized spacial score (nSPS) is 12.2. The summed E-state index contributed by atoms with van der Waals surface area (Å²) in [5.74, 6) is 0.580. The minimum atomic E-state index is 0.0557. The molecule has 0 aliphatic carbocycles. The Balaban J connectivity index is 2.39. The van der Waals surface area contributed by atoms with Crippen molar-refractivity contribution >= 4 is 29.1 Å². The van der Waals surface area contributed by atoms with E-state index in [1.807, 2.05) is 31.2 Å². The number of alkyl halides is 1. The standard InChI is InChI=1S/C13H17Cl2NO/c1-10(16-13(17)6-3-7-14)8-11-4-2-5-12(15)9-11/h2,4-5,9-10H,3,6-8H2,1H3,(H,16,17). The quantitative estimate of drug-likeness (QED) is 0.791. The number of hydrogen-bond acceptors (Lipinski definition) is 1. The van der Waals surface area contributed by atoms with Gasteiger partial charge in [0, 0.05) is 23.4 Å². The van der Waals surface area contributed by atoms with Gasteiger partial charge in [0.05, 0.1) is 0 Å². The van der Waals surface area contributed by atoms with Gasteiger partial charge in [0.1, 0.15) is 0 Å². The highest BCUT2D eigenvalue weighted by molar-refractivity contribution is 6.30. The molecule has 1 atom stereocenters. The monoisotopic (exact) mass is 273 g/mol. The van der Waals surface area contributed by atoms with Crippen LogP contribution in [-0.2, 0) is 11.2 Å². The number of carbonyl (C=O) groups excluding carboxylic acids is 1. The maximum absolute atomic E-state index is 11.5. The van der Waals surface area contributed by atoms with E-state index in [0.717, 1.165) is 23.4 Å². The molecule has 0 saturated heterocycles. The van der Waals surface area contributed by atoms with Gasteiger partial charge in [0.25, 0.3) is 0 Å². The molecular weight excluding hydrogens is 257 g/mol. The molecule has 0 spiro atoms. The average molecular weight is 274 g/mol. The van der Waals surface area contributed by atoms with Crippen LogP contribution in [0.4, 0.5) is 0 Å². The molecule has 1 N–H and O–H groups in total. The van der Waals surface area contributed by atoms with Gasteiger partial charge in [-0.1, -0.05) is 23.7 Å². The van der Waals surface area contributed by atoms with Crippen molar-refractivity contribution in [2.75, 3.05) is 5.88 Å². The fraction of sp³-hybridized carbons (Fsp3) is 0.462. The number of amides is 1. The van der Waals surface area contributed by atoms with Gasteiger partial charge in [0.15, 0.2) is 0 Å². The summed E-state index contributed by atoms with van der Waals surface area (Å²) in [5, 5.41) is 3.67. The molecule has 4 heteroatoms. The molecule has 1 rings (SSSR count). The molecule has 94 valence electrons. The Kier molecular flexibility index (Phi) is 6.38. The van der Waals surface area contributed by atoms with Crippen LogP contribution in [0, 0.1) is 0 Å². The van der Waals surface area contributed by atoms with Gasteiger partial charge in [-0.3, -0.25) is 4.79 Å². The van der Waals surface area contributed by atoms with Crippen LogP contribution in [0.3, 0.4) is 0 Å². The first kappa shape index (κ1) is 14.3. The number of nitrogens with one attached hydrogen (secondary N) is 1. The molecule has 0 heterocycles. The first-order valence-electron chi connectivity index (χ1n) is 5.71. The summed E-state index contributed by atoms with van der Waals surface area (Å²) in [6, 6.07) is 7.79. The second-order valence-electron chi connectivity index (χ2n) is 4.10. The number of carbonyl (C=O) groups is 1. The van der Waals surface area contributed by atoms with Gasteiger partial charge in [-0.15, -0.1) is 11.6 Å². The van der Waals surface area contributed by atoms with Crippen LogP contribution in [0.5, 0.6) is 0 Å². The number of hydrogen-bond donors (Lipinski definition) is 1. The Morgan fingerprint density at radius 1 is 1.47 bits per heavy atom. The summed E-state index contributed by atoms with van der Waals surface area (Å²) in [6.45, 7) is 1.99. The van der Waals surface area contributed by atoms with E-state index in [0.29, 0.717) is 12.3 Å². The Morgan fingerprint density at radius 3 is 2.88 bits per heavy atom. The third kappa shape index (κ3) is 5.94. The van der Waals surface area contributed by atoms with Crippen molar-refractivity contribution in [3.8, 4) is 0 Å². The Labute approximate surface area is 112 Å². The third-order valence-corrected chi connectivity index (χ3v) is 2.88. The zero-order valence-corrected chi connectivity index (χ0v) is 11.4. The fourth-order valence-corrected chi connectivity index (χ4v) is 1.99. The van der Waals surface area contributed by atoms with Gasteiger partial charge < -0.3 is 5.32 Å². The smallest absolute Gasteiger partial charge is 0.220 e. The summed E-state index contributed by atoms with van der Waals surface area (Å²) in [5.41, 5.74) is 1.13. The van der Waals surface area contributed by atoms with Crippen molar-refractivity contribution in [3.05, 3.63) is 34.9 Å². The minimum absolute atomic E-state index is 0.0557. The lowest BCUT2D eigenvalue weighted by Crippen LogP contribution is -2.33. The molecule has 0 fully saturated rings. The lowest BCUT2D eigenvalue weighted by molar-refractivity contribution is -0.121. The topological polar surface area (TPSA) is 29.1 Å². The first-order chi connectivity index (χ1) is 8.11. The summed E-state index contributed by atoms with van der Waals surface area (Å²) >= 11 is 11.4. The van der Waals surface area contributed by atoms with Crippen molar-refractivity contribution in [1.82, 2.24) is 5.32 Å². The second kappa shape index (κ2) is 7.57. The van der Waals surface area contributed by atoms with E-state index >= 15 is 0 Å².